The van der Waals surface area contributed by atoms with Crippen molar-refractivity contribution in [2.24, 2.45) is 17.8 Å². The van der Waals surface area contributed by atoms with Crippen LogP contribution in [-0.4, -0.2) is 25.7 Å². The predicted octanol–water partition coefficient (Wildman–Crippen LogP) is 3.79. The summed E-state index contributed by atoms with van der Waals surface area (Å²) in [6.07, 6.45) is 5.38. The van der Waals surface area contributed by atoms with Gasteiger partial charge in [-0.05, 0) is 69.1 Å². The number of hydrogen-bond donors (Lipinski definition) is 1. The number of hydrogen-bond acceptors (Lipinski definition) is 3. The summed E-state index contributed by atoms with van der Waals surface area (Å²) in [6.45, 7) is 5.22. The van der Waals surface area contributed by atoms with Crippen LogP contribution >= 0.6 is 0 Å². The Balaban J connectivity index is 1.65. The molecule has 1 amide bonds. The van der Waals surface area contributed by atoms with Gasteiger partial charge in [0.15, 0.2) is 0 Å². The summed E-state index contributed by atoms with van der Waals surface area (Å²) < 4.78 is 10.8. The lowest BCUT2D eigenvalue weighted by molar-refractivity contribution is 0.0914. The van der Waals surface area contributed by atoms with E-state index in [4.69, 9.17) is 9.47 Å². The molecule has 0 unspecified atom stereocenters. The second kappa shape index (κ2) is 7.56. The number of fused-ring (bicyclic) bond motifs is 2. The van der Waals surface area contributed by atoms with Crippen molar-refractivity contribution in [3.63, 3.8) is 0 Å². The number of nitrogens with one attached hydrogen (secondary N) is 1. The summed E-state index contributed by atoms with van der Waals surface area (Å²) in [5.74, 6) is 3.13. The monoisotopic (exact) mass is 331 g/mol. The van der Waals surface area contributed by atoms with Gasteiger partial charge in [-0.3, -0.25) is 4.79 Å². The molecule has 4 heteroatoms. The van der Waals surface area contributed by atoms with E-state index in [1.807, 2.05) is 25.1 Å². The highest BCUT2D eigenvalue weighted by Crippen LogP contribution is 2.49. The molecule has 2 aliphatic rings. The van der Waals surface area contributed by atoms with Gasteiger partial charge in [-0.15, -0.1) is 0 Å². The fourth-order valence-corrected chi connectivity index (χ4v) is 4.55. The number of carbonyl (C=O) groups excluding carboxylic acids is 1. The molecule has 3 rings (SSSR count). The molecule has 0 spiro atoms. The van der Waals surface area contributed by atoms with Gasteiger partial charge in [0.1, 0.15) is 5.75 Å². The SMILES string of the molecule is CCOCc1cc(C(=O)N[C@@H](C)[C@H]2C[C@H]3CC[C@H]2C3)ccc1OC. The predicted molar refractivity (Wildman–Crippen MR) is 94.2 cm³/mol. The van der Waals surface area contributed by atoms with Gasteiger partial charge in [0.05, 0.1) is 13.7 Å². The van der Waals surface area contributed by atoms with E-state index in [0.717, 1.165) is 23.1 Å². The third-order valence-corrected chi connectivity index (χ3v) is 5.80. The minimum Gasteiger partial charge on any atom is -0.496 e. The second-order valence-electron chi connectivity index (χ2n) is 7.26. The molecule has 2 aliphatic carbocycles. The number of rotatable bonds is 7. The van der Waals surface area contributed by atoms with Crippen LogP contribution in [0.1, 0.15) is 55.5 Å². The first-order valence-corrected chi connectivity index (χ1v) is 9.17. The molecule has 24 heavy (non-hydrogen) atoms. The molecule has 4 nitrogen and oxygen atoms in total. The van der Waals surface area contributed by atoms with Crippen LogP contribution in [0.15, 0.2) is 18.2 Å². The lowest BCUT2D eigenvalue weighted by atomic mass is 9.84. The van der Waals surface area contributed by atoms with Crippen LogP contribution in [0.3, 0.4) is 0 Å². The maximum Gasteiger partial charge on any atom is 0.251 e. The molecular formula is C20H29NO3. The summed E-state index contributed by atoms with van der Waals surface area (Å²) in [4.78, 5) is 12.7. The lowest BCUT2D eigenvalue weighted by Crippen LogP contribution is -2.40. The van der Waals surface area contributed by atoms with Gasteiger partial charge in [0.25, 0.3) is 5.91 Å². The third kappa shape index (κ3) is 3.59. The number of ether oxygens (including phenoxy) is 2. The van der Waals surface area contributed by atoms with E-state index in [1.54, 1.807) is 7.11 Å². The van der Waals surface area contributed by atoms with E-state index in [1.165, 1.54) is 25.7 Å². The van der Waals surface area contributed by atoms with E-state index in [-0.39, 0.29) is 11.9 Å². The zero-order valence-corrected chi connectivity index (χ0v) is 15.0. The molecule has 1 aromatic rings. The zero-order chi connectivity index (χ0) is 17.1. The highest BCUT2D eigenvalue weighted by molar-refractivity contribution is 5.94. The summed E-state index contributed by atoms with van der Waals surface area (Å²) >= 11 is 0. The third-order valence-electron chi connectivity index (χ3n) is 5.80. The molecule has 0 radical (unpaired) electrons. The van der Waals surface area contributed by atoms with Crippen LogP contribution in [0.25, 0.3) is 0 Å². The molecule has 0 saturated heterocycles. The van der Waals surface area contributed by atoms with Crippen molar-refractivity contribution >= 4 is 5.91 Å². The molecule has 1 N–H and O–H groups in total. The van der Waals surface area contributed by atoms with Crippen LogP contribution in [-0.2, 0) is 11.3 Å². The summed E-state index contributed by atoms with van der Waals surface area (Å²) in [5, 5.41) is 3.22. The quantitative estimate of drug-likeness (QED) is 0.827. The Labute approximate surface area is 144 Å². The number of amides is 1. The molecule has 2 fully saturated rings. The van der Waals surface area contributed by atoms with Crippen LogP contribution < -0.4 is 10.1 Å². The molecule has 0 heterocycles. The minimum atomic E-state index is 0.00525. The van der Waals surface area contributed by atoms with Crippen molar-refractivity contribution in [2.45, 2.75) is 52.2 Å². The zero-order valence-electron chi connectivity index (χ0n) is 15.0. The standard InChI is InChI=1S/C20H29NO3/c1-4-24-12-17-11-16(7-8-19(17)23-3)20(22)21-13(2)18-10-14-5-6-15(18)9-14/h7-8,11,13-15,18H,4-6,9-10,12H2,1-3H3,(H,21,22)/t13-,14-,15-,18+/m0/s1. The largest absolute Gasteiger partial charge is 0.496 e. The average molecular weight is 331 g/mol. The number of benzene rings is 1. The van der Waals surface area contributed by atoms with Crippen molar-refractivity contribution in [1.29, 1.82) is 0 Å². The molecule has 132 valence electrons. The highest BCUT2D eigenvalue weighted by Gasteiger charge is 2.42. The van der Waals surface area contributed by atoms with Crippen molar-refractivity contribution in [3.05, 3.63) is 29.3 Å². The lowest BCUT2D eigenvalue weighted by Gasteiger charge is -2.28. The van der Waals surface area contributed by atoms with Crippen LogP contribution in [0, 0.1) is 17.8 Å². The van der Waals surface area contributed by atoms with E-state index >= 15 is 0 Å². The van der Waals surface area contributed by atoms with Crippen molar-refractivity contribution in [1.82, 2.24) is 5.32 Å². The fraction of sp³-hybridized carbons (Fsp3) is 0.650. The van der Waals surface area contributed by atoms with Crippen LogP contribution in [0.4, 0.5) is 0 Å². The van der Waals surface area contributed by atoms with E-state index in [9.17, 15) is 4.79 Å². The number of carbonyl (C=O) groups is 1. The first kappa shape index (κ1) is 17.3. The Morgan fingerprint density at radius 2 is 2.17 bits per heavy atom. The highest BCUT2D eigenvalue weighted by atomic mass is 16.5. The first-order chi connectivity index (χ1) is 11.6. The molecule has 4 atom stereocenters. The topological polar surface area (TPSA) is 47.6 Å². The van der Waals surface area contributed by atoms with E-state index < -0.39 is 0 Å². The van der Waals surface area contributed by atoms with Crippen LogP contribution in [0.5, 0.6) is 5.75 Å². The maximum absolute atomic E-state index is 12.7. The van der Waals surface area contributed by atoms with Gasteiger partial charge in [-0.2, -0.15) is 0 Å². The van der Waals surface area contributed by atoms with Gasteiger partial charge < -0.3 is 14.8 Å². The maximum atomic E-state index is 12.7. The molecule has 0 aliphatic heterocycles. The van der Waals surface area contributed by atoms with Gasteiger partial charge in [-0.25, -0.2) is 0 Å². The summed E-state index contributed by atoms with van der Waals surface area (Å²) in [6, 6.07) is 5.81. The Morgan fingerprint density at radius 3 is 2.79 bits per heavy atom. The Bertz CT molecular complexity index is 586. The average Bonchev–Trinajstić information content (AvgIpc) is 3.22. The van der Waals surface area contributed by atoms with Gasteiger partial charge >= 0.3 is 0 Å². The smallest absolute Gasteiger partial charge is 0.251 e. The summed E-state index contributed by atoms with van der Waals surface area (Å²) in [5.41, 5.74) is 1.60. The fourth-order valence-electron chi connectivity index (χ4n) is 4.55. The Morgan fingerprint density at radius 1 is 1.33 bits per heavy atom. The summed E-state index contributed by atoms with van der Waals surface area (Å²) in [7, 11) is 1.64. The normalized spacial score (nSPS) is 26.4. The molecule has 2 bridgehead atoms. The minimum absolute atomic E-state index is 0.00525. The van der Waals surface area contributed by atoms with Crippen molar-refractivity contribution in [2.75, 3.05) is 13.7 Å². The molecule has 0 aromatic heterocycles. The van der Waals surface area contributed by atoms with E-state index in [2.05, 4.69) is 12.2 Å². The first-order valence-electron chi connectivity index (χ1n) is 9.17. The van der Waals surface area contributed by atoms with Crippen LogP contribution in [0.2, 0.25) is 0 Å². The molecule has 2 saturated carbocycles. The number of methoxy groups -OCH3 is 1. The van der Waals surface area contributed by atoms with Gasteiger partial charge in [0, 0.05) is 23.8 Å². The van der Waals surface area contributed by atoms with Gasteiger partial charge in [0.2, 0.25) is 0 Å². The second-order valence-corrected chi connectivity index (χ2v) is 7.26. The van der Waals surface area contributed by atoms with E-state index in [0.29, 0.717) is 24.7 Å². The Hall–Kier alpha value is -1.55. The molecular weight excluding hydrogens is 302 g/mol. The van der Waals surface area contributed by atoms with Crippen molar-refractivity contribution < 1.29 is 14.3 Å². The Kier molecular flexibility index (Phi) is 5.44. The van der Waals surface area contributed by atoms with Gasteiger partial charge in [-0.1, -0.05) is 6.42 Å². The van der Waals surface area contributed by atoms with Crippen molar-refractivity contribution in [3.8, 4) is 5.75 Å². The molecule has 1 aromatic carbocycles.